The van der Waals surface area contributed by atoms with Crippen LogP contribution in [0.1, 0.15) is 22.3 Å². The predicted molar refractivity (Wildman–Crippen MR) is 55.6 cm³/mol. The van der Waals surface area contributed by atoms with Gasteiger partial charge in [0.1, 0.15) is 0 Å². The first-order valence-corrected chi connectivity index (χ1v) is 4.29. The lowest BCUT2D eigenvalue weighted by atomic mass is 10.1. The van der Waals surface area contributed by atoms with E-state index >= 15 is 0 Å². The third-order valence-corrected chi connectivity index (χ3v) is 2.03. The van der Waals surface area contributed by atoms with Crippen LogP contribution < -0.4 is 0 Å². The summed E-state index contributed by atoms with van der Waals surface area (Å²) in [6.07, 6.45) is 0.499. The molecule has 0 bridgehead atoms. The molecule has 0 unspecified atom stereocenters. The van der Waals surface area contributed by atoms with E-state index in [1.165, 1.54) is 12.1 Å². The topological polar surface area (TPSA) is 64.7 Å². The lowest BCUT2D eigenvalue weighted by Crippen LogP contribution is -1.88. The molecule has 0 heterocycles. The van der Waals surface area contributed by atoms with Crippen LogP contribution in [-0.4, -0.2) is 5.78 Å². The van der Waals surface area contributed by atoms with E-state index in [0.717, 1.165) is 16.7 Å². The Labute approximate surface area is 87.9 Å². The highest BCUT2D eigenvalue weighted by Gasteiger charge is 2.21. The summed E-state index contributed by atoms with van der Waals surface area (Å²) in [7, 11) is 0. The molecule has 2 rings (SSSR count). The van der Waals surface area contributed by atoms with Gasteiger partial charge in [-0.15, -0.1) is 0 Å². The number of allylic oxidation sites excluding steroid dienone is 1. The Balaban J connectivity index is 0.000000245. The van der Waals surface area contributed by atoms with Crippen molar-refractivity contribution >= 4 is 11.4 Å². The van der Waals surface area contributed by atoms with Crippen LogP contribution in [0.15, 0.2) is 30.8 Å². The Morgan fingerprint density at radius 1 is 1.13 bits per heavy atom. The normalized spacial score (nSPS) is 11.9. The molecule has 0 fully saturated rings. The van der Waals surface area contributed by atoms with Crippen molar-refractivity contribution in [1.29, 1.82) is 10.5 Å². The average Bonchev–Trinajstić information content (AvgIpc) is 2.56. The quantitative estimate of drug-likeness (QED) is 0.639. The van der Waals surface area contributed by atoms with E-state index in [2.05, 4.69) is 6.58 Å². The van der Waals surface area contributed by atoms with Gasteiger partial charge in [0.05, 0.1) is 0 Å². The van der Waals surface area contributed by atoms with Crippen LogP contribution in [0.4, 0.5) is 0 Å². The van der Waals surface area contributed by atoms with Crippen molar-refractivity contribution < 1.29 is 4.79 Å². The molecule has 15 heavy (non-hydrogen) atoms. The van der Waals surface area contributed by atoms with Gasteiger partial charge < -0.3 is 0 Å². The number of nitrogens with zero attached hydrogens (tertiary/aromatic N) is 2. The van der Waals surface area contributed by atoms with Crippen molar-refractivity contribution in [2.75, 3.05) is 0 Å². The average molecular weight is 196 g/mol. The van der Waals surface area contributed by atoms with Gasteiger partial charge in [0, 0.05) is 12.0 Å². The van der Waals surface area contributed by atoms with Crippen molar-refractivity contribution in [3.63, 3.8) is 0 Å². The van der Waals surface area contributed by atoms with Gasteiger partial charge in [-0.1, -0.05) is 30.8 Å². The second-order valence-electron chi connectivity index (χ2n) is 2.97. The first-order valence-electron chi connectivity index (χ1n) is 4.29. The summed E-state index contributed by atoms with van der Waals surface area (Å²) in [5.41, 5.74) is 2.81. The van der Waals surface area contributed by atoms with Crippen LogP contribution in [0, 0.1) is 22.7 Å². The molecule has 1 aliphatic rings. The number of benzene rings is 1. The molecule has 1 aromatic carbocycles. The fourth-order valence-corrected chi connectivity index (χ4v) is 1.42. The number of carbonyl (C=O) groups is 1. The number of nitriles is 2. The summed E-state index contributed by atoms with van der Waals surface area (Å²) in [5.74, 6) is 0.200. The summed E-state index contributed by atoms with van der Waals surface area (Å²) >= 11 is 0. The van der Waals surface area contributed by atoms with E-state index in [1.54, 1.807) is 0 Å². The molecule has 3 nitrogen and oxygen atoms in total. The lowest BCUT2D eigenvalue weighted by molar-refractivity contribution is 0.100. The van der Waals surface area contributed by atoms with Crippen LogP contribution in [-0.2, 0) is 0 Å². The van der Waals surface area contributed by atoms with E-state index < -0.39 is 0 Å². The van der Waals surface area contributed by atoms with Gasteiger partial charge in [0.15, 0.2) is 17.9 Å². The largest absolute Gasteiger partial charge is 0.294 e. The van der Waals surface area contributed by atoms with Gasteiger partial charge >= 0.3 is 0 Å². The molecule has 0 radical (unpaired) electrons. The van der Waals surface area contributed by atoms with E-state index in [0.29, 0.717) is 6.42 Å². The predicted octanol–water partition coefficient (Wildman–Crippen LogP) is 2.32. The molecule has 1 aromatic rings. The molecule has 72 valence electrons. The highest BCUT2D eigenvalue weighted by atomic mass is 16.1. The maximum Gasteiger partial charge on any atom is 0.181 e. The molecule has 0 amide bonds. The molecule has 3 heteroatoms. The van der Waals surface area contributed by atoms with Gasteiger partial charge in [0.2, 0.25) is 0 Å². The van der Waals surface area contributed by atoms with Gasteiger partial charge in [-0.05, 0) is 11.1 Å². The Morgan fingerprint density at radius 3 is 2.13 bits per heavy atom. The SMILES string of the molecule is C=C1CC(=O)c2ccccc21.N#CC#N. The maximum absolute atomic E-state index is 11.2. The number of hydrogen-bond acceptors (Lipinski definition) is 3. The molecular formula is C12H8N2O. The molecule has 0 saturated carbocycles. The van der Waals surface area contributed by atoms with Crippen LogP contribution in [0.3, 0.4) is 0 Å². The standard InChI is InChI=1S/C10H8O.C2N2/c1-7-6-10(11)9-5-3-2-4-8(7)9;3-1-2-4/h2-5H,1,6H2;. The summed E-state index contributed by atoms with van der Waals surface area (Å²) in [4.78, 5) is 11.2. The van der Waals surface area contributed by atoms with E-state index in [4.69, 9.17) is 10.5 Å². The number of carbonyl (C=O) groups excluding carboxylic acids is 1. The number of Topliss-reactive ketones (excluding diaryl/α,β-unsaturated/α-hetero) is 1. The van der Waals surface area contributed by atoms with Crippen molar-refractivity contribution in [3.05, 3.63) is 42.0 Å². The van der Waals surface area contributed by atoms with E-state index in [1.807, 2.05) is 24.3 Å². The second kappa shape index (κ2) is 4.74. The first-order chi connectivity index (χ1) is 7.20. The van der Waals surface area contributed by atoms with Crippen LogP contribution >= 0.6 is 0 Å². The smallest absolute Gasteiger partial charge is 0.181 e. The Morgan fingerprint density at radius 2 is 1.67 bits per heavy atom. The third kappa shape index (κ3) is 2.30. The lowest BCUT2D eigenvalue weighted by Gasteiger charge is -1.94. The van der Waals surface area contributed by atoms with E-state index in [-0.39, 0.29) is 5.78 Å². The molecule has 0 aliphatic heterocycles. The number of fused-ring (bicyclic) bond motifs is 1. The fraction of sp³-hybridized carbons (Fsp3) is 0.0833. The molecule has 0 spiro atoms. The minimum Gasteiger partial charge on any atom is -0.294 e. The number of rotatable bonds is 0. The monoisotopic (exact) mass is 196 g/mol. The molecule has 0 N–H and O–H groups in total. The third-order valence-electron chi connectivity index (χ3n) is 2.03. The van der Waals surface area contributed by atoms with Gasteiger partial charge in [0.25, 0.3) is 0 Å². The Bertz CT molecular complexity index is 444. The molecular weight excluding hydrogens is 188 g/mol. The van der Waals surface area contributed by atoms with Crippen LogP contribution in [0.2, 0.25) is 0 Å². The summed E-state index contributed by atoms with van der Waals surface area (Å²) in [6, 6.07) is 10.1. The molecule has 0 aromatic heterocycles. The fourth-order valence-electron chi connectivity index (χ4n) is 1.42. The van der Waals surface area contributed by atoms with Crippen LogP contribution in [0.5, 0.6) is 0 Å². The van der Waals surface area contributed by atoms with Gasteiger partial charge in [-0.3, -0.25) is 4.79 Å². The molecule has 1 aliphatic carbocycles. The van der Waals surface area contributed by atoms with Gasteiger partial charge in [-0.2, -0.15) is 10.5 Å². The summed E-state index contributed by atoms with van der Waals surface area (Å²) < 4.78 is 0. The summed E-state index contributed by atoms with van der Waals surface area (Å²) in [6.45, 7) is 3.83. The Hall–Kier alpha value is -2.39. The highest BCUT2D eigenvalue weighted by Crippen LogP contribution is 2.29. The molecule has 0 saturated heterocycles. The minimum absolute atomic E-state index is 0.200. The zero-order valence-electron chi connectivity index (χ0n) is 8.03. The van der Waals surface area contributed by atoms with Crippen molar-refractivity contribution in [2.45, 2.75) is 6.42 Å². The van der Waals surface area contributed by atoms with Crippen LogP contribution in [0.25, 0.3) is 5.57 Å². The first kappa shape index (κ1) is 10.7. The maximum atomic E-state index is 11.2. The summed E-state index contributed by atoms with van der Waals surface area (Å²) in [5, 5.41) is 14.5. The Kier molecular flexibility index (Phi) is 3.38. The second-order valence-corrected chi connectivity index (χ2v) is 2.97. The zero-order valence-corrected chi connectivity index (χ0v) is 8.03. The minimum atomic E-state index is 0.200. The number of hydrogen-bond donors (Lipinski definition) is 0. The zero-order chi connectivity index (χ0) is 11.3. The van der Waals surface area contributed by atoms with Crippen molar-refractivity contribution in [3.8, 4) is 12.1 Å². The number of ketones is 1. The van der Waals surface area contributed by atoms with Crippen molar-refractivity contribution in [2.24, 2.45) is 0 Å². The molecule has 0 atom stereocenters. The van der Waals surface area contributed by atoms with Crippen molar-refractivity contribution in [1.82, 2.24) is 0 Å². The van der Waals surface area contributed by atoms with Gasteiger partial charge in [-0.25, -0.2) is 0 Å². The highest BCUT2D eigenvalue weighted by molar-refractivity contribution is 6.11. The van der Waals surface area contributed by atoms with E-state index in [9.17, 15) is 4.79 Å².